The second-order valence-corrected chi connectivity index (χ2v) is 4.16. The van der Waals surface area contributed by atoms with E-state index in [0.717, 1.165) is 0 Å². The molecule has 0 fully saturated rings. The molecule has 0 saturated heterocycles. The number of halogens is 1. The molecular weight excluding hydrogens is 269 g/mol. The van der Waals surface area contributed by atoms with E-state index in [1.165, 1.54) is 18.2 Å². The van der Waals surface area contributed by atoms with E-state index in [1.807, 2.05) is 0 Å². The molecule has 0 aliphatic rings. The van der Waals surface area contributed by atoms with Crippen LogP contribution in [0.5, 0.6) is 5.75 Å². The number of aliphatic hydroxyl groups is 1. The minimum absolute atomic E-state index is 0.140. The van der Waals surface area contributed by atoms with E-state index in [0.29, 0.717) is 16.7 Å². The molecule has 0 atom stereocenters. The molecule has 0 aromatic heterocycles. The van der Waals surface area contributed by atoms with Gasteiger partial charge in [-0.1, -0.05) is 30.0 Å². The van der Waals surface area contributed by atoms with E-state index in [2.05, 4.69) is 17.9 Å². The van der Waals surface area contributed by atoms with Crippen molar-refractivity contribution in [1.82, 2.24) is 0 Å². The van der Waals surface area contributed by atoms with Crippen molar-refractivity contribution in [2.45, 2.75) is 6.61 Å². The molecule has 4 heteroatoms. The Hall–Kier alpha value is -2.82. The number of aliphatic hydroxyl groups excluding tert-OH is 1. The maximum absolute atomic E-state index is 13.3. The van der Waals surface area contributed by atoms with Crippen molar-refractivity contribution in [2.75, 3.05) is 6.61 Å². The SMILES string of the molecule is N#Cc1ccccc1COc1cc(F)ccc1C#CCO. The number of ether oxygens (including phenoxy) is 1. The molecule has 0 heterocycles. The standard InChI is InChI=1S/C17H12FNO2/c18-16-8-7-13(6-3-9-20)17(10-16)21-12-15-5-2-1-4-14(15)11-19/h1-2,4-5,7-8,10,20H,9,12H2. The van der Waals surface area contributed by atoms with Crippen molar-refractivity contribution in [2.24, 2.45) is 0 Å². The predicted molar refractivity (Wildman–Crippen MR) is 75.9 cm³/mol. The number of benzene rings is 2. The van der Waals surface area contributed by atoms with Crippen molar-refractivity contribution in [3.8, 4) is 23.7 Å². The van der Waals surface area contributed by atoms with Gasteiger partial charge in [0.2, 0.25) is 0 Å². The second-order valence-electron chi connectivity index (χ2n) is 4.16. The highest BCUT2D eigenvalue weighted by atomic mass is 19.1. The van der Waals surface area contributed by atoms with Crippen LogP contribution < -0.4 is 4.74 Å². The summed E-state index contributed by atoms with van der Waals surface area (Å²) in [5.74, 6) is 5.04. The average Bonchev–Trinajstić information content (AvgIpc) is 2.52. The summed E-state index contributed by atoms with van der Waals surface area (Å²) in [6, 6.07) is 13.1. The molecule has 2 rings (SSSR count). The van der Waals surface area contributed by atoms with Crippen LogP contribution in [0, 0.1) is 29.0 Å². The third kappa shape index (κ3) is 3.82. The van der Waals surface area contributed by atoms with Crippen LogP contribution >= 0.6 is 0 Å². The maximum atomic E-state index is 13.3. The fourth-order valence-corrected chi connectivity index (χ4v) is 1.76. The van der Waals surface area contributed by atoms with E-state index in [-0.39, 0.29) is 19.0 Å². The number of nitriles is 1. The Morgan fingerprint density at radius 1 is 1.14 bits per heavy atom. The minimum Gasteiger partial charge on any atom is -0.487 e. The van der Waals surface area contributed by atoms with Crippen LogP contribution in [0.4, 0.5) is 4.39 Å². The maximum Gasteiger partial charge on any atom is 0.138 e. The zero-order valence-electron chi connectivity index (χ0n) is 11.1. The van der Waals surface area contributed by atoms with Gasteiger partial charge in [-0.3, -0.25) is 0 Å². The van der Waals surface area contributed by atoms with Crippen molar-refractivity contribution < 1.29 is 14.2 Å². The number of hydrogen-bond donors (Lipinski definition) is 1. The molecule has 0 bridgehead atoms. The summed E-state index contributed by atoms with van der Waals surface area (Å²) in [4.78, 5) is 0. The van der Waals surface area contributed by atoms with Gasteiger partial charge in [0.1, 0.15) is 24.8 Å². The zero-order chi connectivity index (χ0) is 15.1. The van der Waals surface area contributed by atoms with E-state index in [1.54, 1.807) is 24.3 Å². The molecule has 3 nitrogen and oxygen atoms in total. The lowest BCUT2D eigenvalue weighted by atomic mass is 10.1. The van der Waals surface area contributed by atoms with E-state index >= 15 is 0 Å². The van der Waals surface area contributed by atoms with Crippen LogP contribution in [-0.2, 0) is 6.61 Å². The van der Waals surface area contributed by atoms with Crippen LogP contribution in [0.1, 0.15) is 16.7 Å². The van der Waals surface area contributed by atoms with E-state index in [9.17, 15) is 4.39 Å². The number of hydrogen-bond acceptors (Lipinski definition) is 3. The lowest BCUT2D eigenvalue weighted by Gasteiger charge is -2.09. The molecular formula is C17H12FNO2. The first-order valence-corrected chi connectivity index (χ1v) is 6.24. The summed E-state index contributed by atoms with van der Waals surface area (Å²) in [6.45, 7) is -0.144. The van der Waals surface area contributed by atoms with Gasteiger partial charge in [0.25, 0.3) is 0 Å². The van der Waals surface area contributed by atoms with E-state index < -0.39 is 5.82 Å². The van der Waals surface area contributed by atoms with Gasteiger partial charge in [0, 0.05) is 11.6 Å². The first-order valence-electron chi connectivity index (χ1n) is 6.24. The van der Waals surface area contributed by atoms with Gasteiger partial charge >= 0.3 is 0 Å². The third-order valence-corrected chi connectivity index (χ3v) is 2.77. The monoisotopic (exact) mass is 281 g/mol. The Kier molecular flexibility index (Phi) is 4.93. The van der Waals surface area contributed by atoms with Gasteiger partial charge in [0.05, 0.1) is 17.2 Å². The Balaban J connectivity index is 2.23. The number of rotatable bonds is 3. The van der Waals surface area contributed by atoms with Gasteiger partial charge < -0.3 is 9.84 Å². The molecule has 21 heavy (non-hydrogen) atoms. The van der Waals surface area contributed by atoms with Gasteiger partial charge in [0.15, 0.2) is 0 Å². The van der Waals surface area contributed by atoms with Crippen molar-refractivity contribution in [1.29, 1.82) is 5.26 Å². The topological polar surface area (TPSA) is 53.2 Å². The lowest BCUT2D eigenvalue weighted by Crippen LogP contribution is -2.00. The Labute approximate surface area is 122 Å². The Bertz CT molecular complexity index is 738. The van der Waals surface area contributed by atoms with Gasteiger partial charge in [-0.25, -0.2) is 4.39 Å². The molecule has 0 amide bonds. The van der Waals surface area contributed by atoms with Crippen LogP contribution in [-0.4, -0.2) is 11.7 Å². The first kappa shape index (κ1) is 14.6. The van der Waals surface area contributed by atoms with Gasteiger partial charge in [-0.15, -0.1) is 0 Å². The van der Waals surface area contributed by atoms with Gasteiger partial charge in [-0.05, 0) is 18.2 Å². The second kappa shape index (κ2) is 7.09. The average molecular weight is 281 g/mol. The summed E-state index contributed by atoms with van der Waals surface area (Å²) in [7, 11) is 0. The highest BCUT2D eigenvalue weighted by Gasteiger charge is 2.06. The van der Waals surface area contributed by atoms with Crippen LogP contribution in [0.3, 0.4) is 0 Å². The van der Waals surface area contributed by atoms with E-state index in [4.69, 9.17) is 15.1 Å². The highest BCUT2D eigenvalue weighted by Crippen LogP contribution is 2.21. The summed E-state index contributed by atoms with van der Waals surface area (Å²) in [6.07, 6.45) is 0. The molecule has 0 aliphatic carbocycles. The van der Waals surface area contributed by atoms with Crippen molar-refractivity contribution in [3.05, 3.63) is 65.0 Å². The zero-order valence-corrected chi connectivity index (χ0v) is 11.1. The molecule has 0 saturated carbocycles. The van der Waals surface area contributed by atoms with Gasteiger partial charge in [-0.2, -0.15) is 5.26 Å². The predicted octanol–water partition coefficient (Wildman–Crippen LogP) is 2.62. The highest BCUT2D eigenvalue weighted by molar-refractivity contribution is 5.46. The fourth-order valence-electron chi connectivity index (χ4n) is 1.76. The first-order chi connectivity index (χ1) is 10.2. The molecule has 1 N–H and O–H groups in total. The third-order valence-electron chi connectivity index (χ3n) is 2.77. The molecule has 0 radical (unpaired) electrons. The smallest absolute Gasteiger partial charge is 0.138 e. The van der Waals surface area contributed by atoms with Crippen molar-refractivity contribution >= 4 is 0 Å². The van der Waals surface area contributed by atoms with Crippen molar-refractivity contribution in [3.63, 3.8) is 0 Å². The molecule has 2 aromatic carbocycles. The Morgan fingerprint density at radius 3 is 2.71 bits per heavy atom. The Morgan fingerprint density at radius 2 is 1.95 bits per heavy atom. The largest absolute Gasteiger partial charge is 0.487 e. The van der Waals surface area contributed by atoms with Crippen LogP contribution in [0.25, 0.3) is 0 Å². The minimum atomic E-state index is -0.437. The summed E-state index contributed by atoms with van der Waals surface area (Å²) >= 11 is 0. The quantitative estimate of drug-likeness (QED) is 0.880. The summed E-state index contributed by atoms with van der Waals surface area (Å²) in [5.41, 5.74) is 1.71. The molecule has 0 spiro atoms. The summed E-state index contributed by atoms with van der Waals surface area (Å²) < 4.78 is 18.9. The molecule has 0 unspecified atom stereocenters. The number of nitrogens with zero attached hydrogens (tertiary/aromatic N) is 1. The normalized spacial score (nSPS) is 9.38. The summed E-state index contributed by atoms with van der Waals surface area (Å²) in [5, 5.41) is 17.7. The molecule has 0 aliphatic heterocycles. The fraction of sp³-hybridized carbons (Fsp3) is 0.118. The van der Waals surface area contributed by atoms with Crippen LogP contribution in [0.15, 0.2) is 42.5 Å². The molecule has 2 aromatic rings. The molecule has 104 valence electrons. The lowest BCUT2D eigenvalue weighted by molar-refractivity contribution is 0.303. The van der Waals surface area contributed by atoms with Crippen LogP contribution in [0.2, 0.25) is 0 Å².